The summed E-state index contributed by atoms with van der Waals surface area (Å²) >= 11 is 0. The number of rotatable bonds is 5. The van der Waals surface area contributed by atoms with Crippen LogP contribution in [0.3, 0.4) is 0 Å². The lowest BCUT2D eigenvalue weighted by Gasteiger charge is -2.07. The molecule has 1 rings (SSSR count). The molecule has 0 radical (unpaired) electrons. The Morgan fingerprint density at radius 2 is 1.89 bits per heavy atom. The highest BCUT2D eigenvalue weighted by Crippen LogP contribution is 2.06. The summed E-state index contributed by atoms with van der Waals surface area (Å²) in [5.41, 5.74) is 1.32. The topological polar surface area (TPSA) is 66.4 Å². The molecule has 4 heteroatoms. The van der Waals surface area contributed by atoms with Gasteiger partial charge >= 0.3 is 5.97 Å². The Hall–Kier alpha value is -2.10. The molecule has 0 saturated carbocycles. The molecule has 0 aliphatic heterocycles. The van der Waals surface area contributed by atoms with E-state index in [-0.39, 0.29) is 5.91 Å². The predicted octanol–water partition coefficient (Wildman–Crippen LogP) is 2.17. The van der Waals surface area contributed by atoms with Crippen molar-refractivity contribution in [1.82, 2.24) is 5.32 Å². The van der Waals surface area contributed by atoms with Crippen molar-refractivity contribution in [3.05, 3.63) is 41.5 Å². The van der Waals surface area contributed by atoms with E-state index in [1.54, 1.807) is 24.3 Å². The van der Waals surface area contributed by atoms with Crippen LogP contribution in [0, 0.1) is 5.92 Å². The van der Waals surface area contributed by atoms with E-state index in [1.165, 1.54) is 6.08 Å². The number of hydrogen-bond donors (Lipinski definition) is 2. The minimum atomic E-state index is -0.992. The third kappa shape index (κ3) is 4.82. The first-order valence-electron chi connectivity index (χ1n) is 5.78. The van der Waals surface area contributed by atoms with Crippen LogP contribution in [0.15, 0.2) is 30.3 Å². The van der Waals surface area contributed by atoms with Crippen molar-refractivity contribution < 1.29 is 14.7 Å². The molecule has 0 unspecified atom stereocenters. The molecule has 0 atom stereocenters. The van der Waals surface area contributed by atoms with Gasteiger partial charge in [-0.3, -0.25) is 4.79 Å². The van der Waals surface area contributed by atoms with Gasteiger partial charge in [-0.2, -0.15) is 0 Å². The minimum absolute atomic E-state index is 0.113. The minimum Gasteiger partial charge on any atom is -0.478 e. The number of hydrogen-bond acceptors (Lipinski definition) is 2. The van der Waals surface area contributed by atoms with Crippen LogP contribution in [0.1, 0.15) is 29.8 Å². The predicted molar refractivity (Wildman–Crippen MR) is 70.3 cm³/mol. The van der Waals surface area contributed by atoms with Gasteiger partial charge in [0.15, 0.2) is 0 Å². The molecular formula is C14H17NO3. The van der Waals surface area contributed by atoms with Crippen LogP contribution in [0.5, 0.6) is 0 Å². The van der Waals surface area contributed by atoms with E-state index in [9.17, 15) is 9.59 Å². The van der Waals surface area contributed by atoms with E-state index < -0.39 is 5.97 Å². The van der Waals surface area contributed by atoms with E-state index >= 15 is 0 Å². The molecule has 0 aromatic heterocycles. The van der Waals surface area contributed by atoms with Gasteiger partial charge in [-0.05, 0) is 29.7 Å². The van der Waals surface area contributed by atoms with E-state index in [1.807, 2.05) is 13.8 Å². The Balaban J connectivity index is 2.65. The zero-order chi connectivity index (χ0) is 13.5. The molecule has 2 N–H and O–H groups in total. The molecule has 18 heavy (non-hydrogen) atoms. The molecule has 0 bridgehead atoms. The molecule has 1 aromatic rings. The maximum atomic E-state index is 11.7. The number of aliphatic carboxylic acids is 1. The molecule has 0 spiro atoms. The average molecular weight is 247 g/mol. The van der Waals surface area contributed by atoms with Crippen molar-refractivity contribution in [2.45, 2.75) is 13.8 Å². The smallest absolute Gasteiger partial charge is 0.328 e. The molecule has 0 aliphatic rings. The van der Waals surface area contributed by atoms with Gasteiger partial charge in [-0.15, -0.1) is 0 Å². The van der Waals surface area contributed by atoms with Crippen LogP contribution in [-0.4, -0.2) is 23.5 Å². The maximum Gasteiger partial charge on any atom is 0.328 e. The number of benzene rings is 1. The lowest BCUT2D eigenvalue weighted by molar-refractivity contribution is -0.131. The maximum absolute atomic E-state index is 11.7. The van der Waals surface area contributed by atoms with Gasteiger partial charge in [-0.25, -0.2) is 4.79 Å². The normalized spacial score (nSPS) is 10.8. The van der Waals surface area contributed by atoms with Gasteiger partial charge in [0.05, 0.1) is 0 Å². The van der Waals surface area contributed by atoms with Crippen molar-refractivity contribution in [3.63, 3.8) is 0 Å². The Bertz CT molecular complexity index is 447. The van der Waals surface area contributed by atoms with Crippen molar-refractivity contribution in [3.8, 4) is 0 Å². The average Bonchev–Trinajstić information content (AvgIpc) is 2.34. The number of carboxylic acids is 1. The van der Waals surface area contributed by atoms with Crippen molar-refractivity contribution in [2.24, 2.45) is 5.92 Å². The van der Waals surface area contributed by atoms with Crippen LogP contribution in [0.2, 0.25) is 0 Å². The molecule has 0 heterocycles. The van der Waals surface area contributed by atoms with Gasteiger partial charge < -0.3 is 10.4 Å². The quantitative estimate of drug-likeness (QED) is 0.784. The number of carbonyl (C=O) groups is 2. The van der Waals surface area contributed by atoms with Gasteiger partial charge in [0, 0.05) is 18.2 Å². The second-order valence-electron chi connectivity index (χ2n) is 4.40. The summed E-state index contributed by atoms with van der Waals surface area (Å²) in [5, 5.41) is 11.3. The van der Waals surface area contributed by atoms with Crippen LogP contribution in [0.25, 0.3) is 6.08 Å². The van der Waals surface area contributed by atoms with Crippen LogP contribution < -0.4 is 5.32 Å². The highest BCUT2D eigenvalue weighted by Gasteiger charge is 2.05. The van der Waals surface area contributed by atoms with Crippen molar-refractivity contribution in [1.29, 1.82) is 0 Å². The SMILES string of the molecule is CC(C)CNC(=O)c1ccc(/C=C/C(=O)O)cc1. The second-order valence-corrected chi connectivity index (χ2v) is 4.40. The Morgan fingerprint density at radius 1 is 1.28 bits per heavy atom. The monoisotopic (exact) mass is 247 g/mol. The Kier molecular flexibility index (Phi) is 5.11. The van der Waals surface area contributed by atoms with E-state index in [4.69, 9.17) is 5.11 Å². The first-order chi connectivity index (χ1) is 8.49. The zero-order valence-corrected chi connectivity index (χ0v) is 10.5. The molecule has 0 aliphatic carbocycles. The first-order valence-corrected chi connectivity index (χ1v) is 5.78. The summed E-state index contributed by atoms with van der Waals surface area (Å²) in [6.07, 6.45) is 2.55. The van der Waals surface area contributed by atoms with Crippen molar-refractivity contribution >= 4 is 18.0 Å². The highest BCUT2D eigenvalue weighted by molar-refractivity contribution is 5.94. The molecular weight excluding hydrogens is 230 g/mol. The summed E-state index contributed by atoms with van der Waals surface area (Å²) < 4.78 is 0. The third-order valence-corrected chi connectivity index (χ3v) is 2.26. The van der Waals surface area contributed by atoms with Crippen LogP contribution >= 0.6 is 0 Å². The number of carbonyl (C=O) groups excluding carboxylic acids is 1. The Morgan fingerprint density at radius 3 is 2.39 bits per heavy atom. The second kappa shape index (κ2) is 6.59. The van der Waals surface area contributed by atoms with E-state index in [2.05, 4.69) is 5.32 Å². The summed E-state index contributed by atoms with van der Waals surface area (Å²) in [6.45, 7) is 4.69. The lowest BCUT2D eigenvalue weighted by Crippen LogP contribution is -2.27. The summed E-state index contributed by atoms with van der Waals surface area (Å²) in [4.78, 5) is 22.0. The first kappa shape index (κ1) is 14.0. The summed E-state index contributed by atoms with van der Waals surface area (Å²) in [7, 11) is 0. The molecule has 96 valence electrons. The van der Waals surface area contributed by atoms with Gasteiger partial charge in [-0.1, -0.05) is 26.0 Å². The van der Waals surface area contributed by atoms with Gasteiger partial charge in [0.25, 0.3) is 5.91 Å². The largest absolute Gasteiger partial charge is 0.478 e. The molecule has 1 aromatic carbocycles. The Labute approximate surface area is 106 Å². The number of carboxylic acid groups (broad SMARTS) is 1. The van der Waals surface area contributed by atoms with Crippen molar-refractivity contribution in [2.75, 3.05) is 6.54 Å². The number of amides is 1. The fourth-order valence-corrected chi connectivity index (χ4v) is 1.31. The molecule has 1 amide bonds. The molecule has 4 nitrogen and oxygen atoms in total. The van der Waals surface area contributed by atoms with E-state index in [0.29, 0.717) is 18.0 Å². The van der Waals surface area contributed by atoms with Gasteiger partial charge in [0.1, 0.15) is 0 Å². The standard InChI is InChI=1S/C14H17NO3/c1-10(2)9-15-14(18)12-6-3-11(4-7-12)5-8-13(16)17/h3-8,10H,9H2,1-2H3,(H,15,18)(H,16,17)/b8-5+. The fourth-order valence-electron chi connectivity index (χ4n) is 1.31. The summed E-state index contributed by atoms with van der Waals surface area (Å²) in [6, 6.07) is 6.78. The highest BCUT2D eigenvalue weighted by atomic mass is 16.4. The summed E-state index contributed by atoms with van der Waals surface area (Å²) in [5.74, 6) is -0.696. The van der Waals surface area contributed by atoms with Crippen LogP contribution in [0.4, 0.5) is 0 Å². The van der Waals surface area contributed by atoms with Crippen LogP contribution in [-0.2, 0) is 4.79 Å². The molecule has 0 saturated heterocycles. The zero-order valence-electron chi connectivity index (χ0n) is 10.5. The fraction of sp³-hybridized carbons (Fsp3) is 0.286. The van der Waals surface area contributed by atoms with E-state index in [0.717, 1.165) is 11.6 Å². The van der Waals surface area contributed by atoms with Gasteiger partial charge in [0.2, 0.25) is 0 Å². The number of nitrogens with one attached hydrogen (secondary N) is 1. The lowest BCUT2D eigenvalue weighted by atomic mass is 10.1. The molecule has 0 fully saturated rings. The third-order valence-electron chi connectivity index (χ3n) is 2.26.